The number of nitrogens with zero attached hydrogens (tertiary/aromatic N) is 2. The molecule has 0 saturated heterocycles. The third kappa shape index (κ3) is 4.34. The molecule has 4 heteroatoms. The Morgan fingerprint density at radius 3 is 2.10 bits per heavy atom. The summed E-state index contributed by atoms with van der Waals surface area (Å²) < 4.78 is 8.75. The molecular weight excluding hydrogens is 605 g/mol. The third-order valence-electron chi connectivity index (χ3n) is 9.28. The van der Waals surface area contributed by atoms with Crippen molar-refractivity contribution >= 4 is 64.4 Å². The molecule has 3 aromatic heterocycles. The van der Waals surface area contributed by atoms with E-state index in [-0.39, 0.29) is 0 Å². The molecule has 10 rings (SSSR count). The van der Waals surface area contributed by atoms with Crippen LogP contribution in [0.3, 0.4) is 0 Å². The molecule has 0 fully saturated rings. The Bertz CT molecular complexity index is 2850. The Balaban J connectivity index is 1.20. The number of furan rings is 1. The van der Waals surface area contributed by atoms with Crippen LogP contribution in [0.1, 0.15) is 0 Å². The van der Waals surface area contributed by atoms with Crippen molar-refractivity contribution in [3.8, 4) is 44.9 Å². The molecule has 10 aromatic rings. The second-order valence-electron chi connectivity index (χ2n) is 12.2. The van der Waals surface area contributed by atoms with Gasteiger partial charge >= 0.3 is 0 Å². The van der Waals surface area contributed by atoms with Gasteiger partial charge in [0.15, 0.2) is 5.82 Å². The maximum Gasteiger partial charge on any atom is 0.161 e. The fraction of sp³-hybridized carbons (Fsp3) is 0. The van der Waals surface area contributed by atoms with Gasteiger partial charge in [0, 0.05) is 32.0 Å². The van der Waals surface area contributed by atoms with Crippen LogP contribution >= 0.6 is 11.3 Å². The number of hydrogen-bond donors (Lipinski definition) is 0. The Kier molecular flexibility index (Phi) is 6.05. The standard InChI is InChI=1S/C44H26N2OS/c1-2-10-27(11-3-1)30-14-8-15-31(24-30)32-22-23-37-36(26-32)40-35(17-9-18-38(40)47-37)44-45-41(33-21-20-28-12-4-5-13-29(28)25-33)43-42(46-44)34-16-6-7-19-39(34)48-43/h1-26H. The molecule has 0 aliphatic rings. The third-order valence-corrected chi connectivity index (χ3v) is 10.4. The minimum atomic E-state index is 0.694. The van der Waals surface area contributed by atoms with Crippen molar-refractivity contribution in [3.05, 3.63) is 158 Å². The van der Waals surface area contributed by atoms with E-state index in [1.165, 1.54) is 26.6 Å². The smallest absolute Gasteiger partial charge is 0.161 e. The molecule has 0 unspecified atom stereocenters. The van der Waals surface area contributed by atoms with Gasteiger partial charge in [0.1, 0.15) is 11.2 Å². The summed E-state index contributed by atoms with van der Waals surface area (Å²) in [4.78, 5) is 10.7. The number of thiophene rings is 1. The number of fused-ring (bicyclic) bond motifs is 7. The lowest BCUT2D eigenvalue weighted by atomic mass is 9.97. The lowest BCUT2D eigenvalue weighted by Crippen LogP contribution is -1.94. The second-order valence-corrected chi connectivity index (χ2v) is 13.2. The predicted octanol–water partition coefficient (Wildman–Crippen LogP) is 12.6. The van der Waals surface area contributed by atoms with Gasteiger partial charge in [-0.1, -0.05) is 121 Å². The number of benzene rings is 7. The summed E-state index contributed by atoms with van der Waals surface area (Å²) in [7, 11) is 0. The zero-order chi connectivity index (χ0) is 31.6. The number of rotatable bonds is 4. The molecular formula is C44H26N2OS. The monoisotopic (exact) mass is 630 g/mol. The van der Waals surface area contributed by atoms with Crippen molar-refractivity contribution < 1.29 is 4.42 Å². The molecule has 0 aliphatic carbocycles. The lowest BCUT2D eigenvalue weighted by molar-refractivity contribution is 0.669. The van der Waals surface area contributed by atoms with Gasteiger partial charge in [0.05, 0.1) is 15.9 Å². The Morgan fingerprint density at radius 2 is 1.19 bits per heavy atom. The fourth-order valence-electron chi connectivity index (χ4n) is 6.95. The minimum absolute atomic E-state index is 0.694. The highest BCUT2D eigenvalue weighted by Crippen LogP contribution is 2.43. The van der Waals surface area contributed by atoms with Crippen molar-refractivity contribution in [1.29, 1.82) is 0 Å². The molecule has 48 heavy (non-hydrogen) atoms. The Morgan fingerprint density at radius 1 is 0.458 bits per heavy atom. The van der Waals surface area contributed by atoms with Crippen molar-refractivity contribution in [2.75, 3.05) is 0 Å². The van der Waals surface area contributed by atoms with Crippen molar-refractivity contribution in [2.45, 2.75) is 0 Å². The summed E-state index contributed by atoms with van der Waals surface area (Å²) in [5.74, 6) is 0.694. The van der Waals surface area contributed by atoms with Gasteiger partial charge in [-0.05, 0) is 69.4 Å². The van der Waals surface area contributed by atoms with Crippen molar-refractivity contribution in [3.63, 3.8) is 0 Å². The molecule has 7 aromatic carbocycles. The van der Waals surface area contributed by atoms with Crippen molar-refractivity contribution in [1.82, 2.24) is 9.97 Å². The first-order valence-electron chi connectivity index (χ1n) is 16.1. The van der Waals surface area contributed by atoms with Gasteiger partial charge in [0.25, 0.3) is 0 Å². The molecule has 224 valence electrons. The van der Waals surface area contributed by atoms with E-state index in [0.717, 1.165) is 65.5 Å². The quantitative estimate of drug-likeness (QED) is 0.194. The van der Waals surface area contributed by atoms with Crippen LogP contribution in [0.15, 0.2) is 162 Å². The van der Waals surface area contributed by atoms with Gasteiger partial charge in [-0.3, -0.25) is 0 Å². The maximum absolute atomic E-state index is 6.45. The van der Waals surface area contributed by atoms with E-state index in [4.69, 9.17) is 14.4 Å². The Labute approximate surface area is 280 Å². The molecule has 0 amide bonds. The highest BCUT2D eigenvalue weighted by Gasteiger charge is 2.20. The van der Waals surface area contributed by atoms with Gasteiger partial charge in [0.2, 0.25) is 0 Å². The zero-order valence-corrected chi connectivity index (χ0v) is 26.5. The molecule has 3 heterocycles. The topological polar surface area (TPSA) is 38.9 Å². The summed E-state index contributed by atoms with van der Waals surface area (Å²) in [5.41, 5.74) is 10.3. The summed E-state index contributed by atoms with van der Waals surface area (Å²) in [6, 6.07) is 55.5. The van der Waals surface area contributed by atoms with E-state index < -0.39 is 0 Å². The van der Waals surface area contributed by atoms with Crippen LogP contribution in [0, 0.1) is 0 Å². The first-order valence-corrected chi connectivity index (χ1v) is 16.9. The zero-order valence-electron chi connectivity index (χ0n) is 25.7. The van der Waals surface area contributed by atoms with Crippen LogP contribution in [0.4, 0.5) is 0 Å². The van der Waals surface area contributed by atoms with Crippen LogP contribution in [0.5, 0.6) is 0 Å². The second kappa shape index (κ2) is 10.7. The molecule has 0 atom stereocenters. The summed E-state index contributed by atoms with van der Waals surface area (Å²) in [5, 5.41) is 5.62. The lowest BCUT2D eigenvalue weighted by Gasteiger charge is -2.09. The molecule has 0 saturated carbocycles. The molecule has 3 nitrogen and oxygen atoms in total. The van der Waals surface area contributed by atoms with E-state index in [0.29, 0.717) is 5.82 Å². The predicted molar refractivity (Wildman–Crippen MR) is 201 cm³/mol. The average Bonchev–Trinajstić information content (AvgIpc) is 3.73. The number of hydrogen-bond acceptors (Lipinski definition) is 4. The van der Waals surface area contributed by atoms with Gasteiger partial charge in [-0.2, -0.15) is 0 Å². The van der Waals surface area contributed by atoms with E-state index in [1.54, 1.807) is 11.3 Å². The SMILES string of the molecule is c1ccc(-c2cccc(-c3ccc4oc5cccc(-c6nc(-c7ccc8ccccc8c7)c7sc8ccccc8c7n6)c5c4c3)c2)cc1. The Hall–Kier alpha value is -6.10. The van der Waals surface area contributed by atoms with Crippen LogP contribution < -0.4 is 0 Å². The molecule has 0 N–H and O–H groups in total. The molecule has 0 spiro atoms. The summed E-state index contributed by atoms with van der Waals surface area (Å²) in [6.45, 7) is 0. The molecule has 0 radical (unpaired) electrons. The normalized spacial score (nSPS) is 11.8. The van der Waals surface area contributed by atoms with E-state index in [2.05, 4.69) is 146 Å². The van der Waals surface area contributed by atoms with E-state index in [9.17, 15) is 0 Å². The fourth-order valence-corrected chi connectivity index (χ4v) is 8.10. The first-order chi connectivity index (χ1) is 23.8. The summed E-state index contributed by atoms with van der Waals surface area (Å²) in [6.07, 6.45) is 0. The minimum Gasteiger partial charge on any atom is -0.456 e. The van der Waals surface area contributed by atoms with Gasteiger partial charge in [-0.15, -0.1) is 11.3 Å². The number of aromatic nitrogens is 2. The highest BCUT2D eigenvalue weighted by molar-refractivity contribution is 7.26. The van der Waals surface area contributed by atoms with Crippen LogP contribution in [-0.2, 0) is 0 Å². The van der Waals surface area contributed by atoms with Crippen LogP contribution in [0.25, 0.3) is 97.9 Å². The maximum atomic E-state index is 6.45. The van der Waals surface area contributed by atoms with Crippen molar-refractivity contribution in [2.24, 2.45) is 0 Å². The van der Waals surface area contributed by atoms with E-state index >= 15 is 0 Å². The molecule has 0 bridgehead atoms. The average molecular weight is 631 g/mol. The highest BCUT2D eigenvalue weighted by atomic mass is 32.1. The summed E-state index contributed by atoms with van der Waals surface area (Å²) >= 11 is 1.76. The van der Waals surface area contributed by atoms with E-state index in [1.807, 2.05) is 12.1 Å². The van der Waals surface area contributed by atoms with Crippen LogP contribution in [0.2, 0.25) is 0 Å². The largest absolute Gasteiger partial charge is 0.456 e. The molecule has 0 aliphatic heterocycles. The van der Waals surface area contributed by atoms with Gasteiger partial charge in [-0.25, -0.2) is 9.97 Å². The van der Waals surface area contributed by atoms with Crippen LogP contribution in [-0.4, -0.2) is 9.97 Å². The first kappa shape index (κ1) is 27.1. The van der Waals surface area contributed by atoms with Gasteiger partial charge < -0.3 is 4.42 Å².